The van der Waals surface area contributed by atoms with Crippen molar-refractivity contribution in [3.05, 3.63) is 108 Å². The number of hydrogen-bond acceptors (Lipinski definition) is 3. The van der Waals surface area contributed by atoms with E-state index < -0.39 is 0 Å². The lowest BCUT2D eigenvalue weighted by Crippen LogP contribution is -1.86. The van der Waals surface area contributed by atoms with Crippen LogP contribution in [0.25, 0.3) is 18.2 Å². The lowest BCUT2D eigenvalue weighted by molar-refractivity contribution is 1.10. The van der Waals surface area contributed by atoms with Gasteiger partial charge < -0.3 is 0 Å². The van der Waals surface area contributed by atoms with Crippen LogP contribution in [0.2, 0.25) is 0 Å². The summed E-state index contributed by atoms with van der Waals surface area (Å²) in [5.41, 5.74) is 6.91. The van der Waals surface area contributed by atoms with Crippen LogP contribution < -0.4 is 0 Å². The molecule has 0 aliphatic rings. The molecule has 3 aromatic rings. The Morgan fingerprint density at radius 2 is 1.57 bits per heavy atom. The summed E-state index contributed by atoms with van der Waals surface area (Å²) < 4.78 is 0. The van der Waals surface area contributed by atoms with E-state index in [1.54, 1.807) is 30.7 Å². The third-order valence-electron chi connectivity index (χ3n) is 4.06. The molecule has 0 radical (unpaired) electrons. The van der Waals surface area contributed by atoms with Gasteiger partial charge in [-0.3, -0.25) is 15.0 Å². The number of rotatable bonds is 4. The minimum atomic E-state index is 1.02. The van der Waals surface area contributed by atoms with Crippen LogP contribution in [0.3, 0.4) is 0 Å². The van der Waals surface area contributed by atoms with Gasteiger partial charge in [0.2, 0.25) is 0 Å². The Morgan fingerprint density at radius 1 is 0.857 bits per heavy atom. The molecule has 0 amide bonds. The fraction of sp³-hybridized carbons (Fsp3) is 0.160. The molecule has 0 unspecified atom stereocenters. The van der Waals surface area contributed by atoms with Gasteiger partial charge in [0.1, 0.15) is 0 Å². The van der Waals surface area contributed by atoms with Crippen LogP contribution in [-0.4, -0.2) is 15.0 Å². The van der Waals surface area contributed by atoms with E-state index in [0.29, 0.717) is 0 Å². The fourth-order valence-electron chi connectivity index (χ4n) is 2.21. The molecule has 144 valence electrons. The highest BCUT2D eigenvalue weighted by molar-refractivity contribution is 5.50. The average molecular weight is 372 g/mol. The Morgan fingerprint density at radius 3 is 2.04 bits per heavy atom. The number of hydrogen-bond donors (Lipinski definition) is 0. The molecule has 3 heteroatoms. The van der Waals surface area contributed by atoms with Crippen molar-refractivity contribution in [3.63, 3.8) is 0 Å². The summed E-state index contributed by atoms with van der Waals surface area (Å²) in [7, 11) is 0. The van der Waals surface area contributed by atoms with Crippen molar-refractivity contribution in [1.82, 2.24) is 15.0 Å². The molecule has 0 N–H and O–H groups in total. The highest BCUT2D eigenvalue weighted by atomic mass is 14.7. The van der Waals surface area contributed by atoms with Gasteiger partial charge in [-0.25, -0.2) is 0 Å². The van der Waals surface area contributed by atoms with E-state index in [9.17, 15) is 0 Å². The second-order valence-electron chi connectivity index (χ2n) is 6.00. The van der Waals surface area contributed by atoms with E-state index in [1.165, 1.54) is 16.7 Å². The Hall–Kier alpha value is -3.33. The van der Waals surface area contributed by atoms with E-state index in [-0.39, 0.29) is 0 Å². The molecule has 0 bridgehead atoms. The molecule has 3 heterocycles. The Kier molecular flexibility index (Phi) is 10.5. The molecule has 0 saturated heterocycles. The summed E-state index contributed by atoms with van der Waals surface area (Å²) in [6.07, 6.45) is 15.5. The highest BCUT2D eigenvalue weighted by Gasteiger charge is 1.93. The summed E-state index contributed by atoms with van der Waals surface area (Å²) in [5, 5.41) is 0. The van der Waals surface area contributed by atoms with Crippen LogP contribution in [0.4, 0.5) is 0 Å². The van der Waals surface area contributed by atoms with Crippen molar-refractivity contribution in [2.24, 2.45) is 0 Å². The third kappa shape index (κ3) is 7.92. The van der Waals surface area contributed by atoms with Gasteiger partial charge in [-0.05, 0) is 66.3 Å². The minimum absolute atomic E-state index is 1.02. The molecule has 3 aromatic heterocycles. The standard InChI is InChI=1S/2C9H11N.C7H7N/c1-4-9-5-7(2)8(3)10-6-9;1-3-8-5-6-10-7-9(8)4-2;1-2-7-4-3-5-8-6-7/h4-6H,1H2,2-3H3;3,5-7H,1,4H2,2H3;2-6H,1H2. The maximum absolute atomic E-state index is 4.18. The summed E-state index contributed by atoms with van der Waals surface area (Å²) in [6.45, 7) is 17.1. The quantitative estimate of drug-likeness (QED) is 0.536. The van der Waals surface area contributed by atoms with E-state index in [4.69, 9.17) is 0 Å². The van der Waals surface area contributed by atoms with Gasteiger partial charge in [-0.1, -0.05) is 51.0 Å². The molecule has 0 aliphatic heterocycles. The van der Waals surface area contributed by atoms with Crippen molar-refractivity contribution >= 4 is 18.2 Å². The molecule has 28 heavy (non-hydrogen) atoms. The van der Waals surface area contributed by atoms with Gasteiger partial charge in [0.05, 0.1) is 0 Å². The first-order chi connectivity index (χ1) is 13.5. The number of pyridine rings is 3. The molecule has 0 atom stereocenters. The van der Waals surface area contributed by atoms with Gasteiger partial charge >= 0.3 is 0 Å². The Bertz CT molecular complexity index is 883. The van der Waals surface area contributed by atoms with Gasteiger partial charge in [0, 0.05) is 36.7 Å². The largest absolute Gasteiger partial charge is 0.264 e. The SMILES string of the molecule is C=Cc1cccnc1.C=Cc1ccncc1CC.C=Cc1cnc(C)c(C)c1. The van der Waals surface area contributed by atoms with Crippen molar-refractivity contribution in [2.75, 3.05) is 0 Å². The zero-order chi connectivity index (χ0) is 20.8. The monoisotopic (exact) mass is 371 g/mol. The predicted molar refractivity (Wildman–Crippen MR) is 122 cm³/mol. The lowest BCUT2D eigenvalue weighted by atomic mass is 10.1. The van der Waals surface area contributed by atoms with Crippen molar-refractivity contribution < 1.29 is 0 Å². The second-order valence-corrected chi connectivity index (χ2v) is 6.00. The van der Waals surface area contributed by atoms with E-state index in [2.05, 4.69) is 54.6 Å². The van der Waals surface area contributed by atoms with Crippen molar-refractivity contribution in [2.45, 2.75) is 27.2 Å². The fourth-order valence-corrected chi connectivity index (χ4v) is 2.21. The molecule has 0 saturated carbocycles. The predicted octanol–water partition coefficient (Wildman–Crippen LogP) is 6.35. The topological polar surface area (TPSA) is 38.7 Å². The average Bonchev–Trinajstić information content (AvgIpc) is 2.77. The second kappa shape index (κ2) is 12.9. The van der Waals surface area contributed by atoms with Crippen LogP contribution in [0, 0.1) is 13.8 Å². The first-order valence-electron chi connectivity index (χ1n) is 9.19. The Labute approximate surface area is 169 Å². The van der Waals surface area contributed by atoms with Crippen LogP contribution in [0.15, 0.2) is 75.0 Å². The first-order valence-corrected chi connectivity index (χ1v) is 9.19. The lowest BCUT2D eigenvalue weighted by Gasteiger charge is -1.98. The van der Waals surface area contributed by atoms with Gasteiger partial charge in [0.25, 0.3) is 0 Å². The van der Waals surface area contributed by atoms with Crippen LogP contribution in [0.1, 0.15) is 40.4 Å². The first kappa shape index (κ1) is 22.7. The zero-order valence-electron chi connectivity index (χ0n) is 17.1. The molecular formula is C25H29N3. The van der Waals surface area contributed by atoms with Crippen LogP contribution in [-0.2, 0) is 6.42 Å². The minimum Gasteiger partial charge on any atom is -0.264 e. The molecular weight excluding hydrogens is 342 g/mol. The van der Waals surface area contributed by atoms with E-state index >= 15 is 0 Å². The molecule has 3 nitrogen and oxygen atoms in total. The Balaban J connectivity index is 0.000000212. The molecule has 0 fully saturated rings. The molecule has 0 spiro atoms. The number of aryl methyl sites for hydroxylation is 3. The maximum atomic E-state index is 4.18. The molecule has 0 aliphatic carbocycles. The van der Waals surface area contributed by atoms with Gasteiger partial charge in [-0.2, -0.15) is 0 Å². The summed E-state index contributed by atoms with van der Waals surface area (Å²) >= 11 is 0. The maximum Gasteiger partial charge on any atom is 0.0402 e. The van der Waals surface area contributed by atoms with Crippen molar-refractivity contribution in [1.29, 1.82) is 0 Å². The van der Waals surface area contributed by atoms with Gasteiger partial charge in [-0.15, -0.1) is 0 Å². The number of nitrogens with zero attached hydrogens (tertiary/aromatic N) is 3. The molecule has 0 aromatic carbocycles. The summed E-state index contributed by atoms with van der Waals surface area (Å²) in [5.74, 6) is 0. The van der Waals surface area contributed by atoms with E-state index in [1.807, 2.05) is 43.6 Å². The normalized spacial score (nSPS) is 9.11. The van der Waals surface area contributed by atoms with E-state index in [0.717, 1.165) is 23.2 Å². The summed E-state index contributed by atoms with van der Waals surface area (Å²) in [6, 6.07) is 7.90. The third-order valence-corrected chi connectivity index (χ3v) is 4.06. The zero-order valence-corrected chi connectivity index (χ0v) is 17.1. The highest BCUT2D eigenvalue weighted by Crippen LogP contribution is 2.08. The van der Waals surface area contributed by atoms with Crippen molar-refractivity contribution in [3.8, 4) is 0 Å². The van der Waals surface area contributed by atoms with Crippen LogP contribution >= 0.6 is 0 Å². The number of aromatic nitrogens is 3. The molecule has 3 rings (SSSR count). The van der Waals surface area contributed by atoms with Crippen LogP contribution in [0.5, 0.6) is 0 Å². The van der Waals surface area contributed by atoms with Gasteiger partial charge in [0.15, 0.2) is 0 Å². The summed E-state index contributed by atoms with van der Waals surface area (Å²) in [4.78, 5) is 12.1. The smallest absolute Gasteiger partial charge is 0.0402 e.